The van der Waals surface area contributed by atoms with E-state index in [9.17, 15) is 9.90 Å². The van der Waals surface area contributed by atoms with Crippen molar-refractivity contribution in [2.24, 2.45) is 0 Å². The number of aryl methyl sites for hydroxylation is 1. The van der Waals surface area contributed by atoms with E-state index in [2.05, 4.69) is 38.4 Å². The highest BCUT2D eigenvalue weighted by Gasteiger charge is 2.33. The predicted molar refractivity (Wildman–Crippen MR) is 159 cm³/mol. The molecule has 2 aromatic carbocycles. The van der Waals surface area contributed by atoms with E-state index in [4.69, 9.17) is 9.72 Å². The van der Waals surface area contributed by atoms with Crippen molar-refractivity contribution in [3.63, 3.8) is 0 Å². The Balaban J connectivity index is 1.34. The number of aromatic nitrogens is 3. The van der Waals surface area contributed by atoms with Gasteiger partial charge in [-0.2, -0.15) is 4.98 Å². The average molecular weight is 542 g/mol. The van der Waals surface area contributed by atoms with Gasteiger partial charge in [-0.1, -0.05) is 12.1 Å². The maximum atomic E-state index is 14.1. The number of para-hydroxylation sites is 1. The lowest BCUT2D eigenvalue weighted by atomic mass is 9.89. The molecule has 0 saturated heterocycles. The van der Waals surface area contributed by atoms with Gasteiger partial charge < -0.3 is 30.3 Å². The summed E-state index contributed by atoms with van der Waals surface area (Å²) in [7, 11) is 4.02. The molecule has 3 heterocycles. The molecule has 0 atom stereocenters. The molecule has 1 fully saturated rings. The summed E-state index contributed by atoms with van der Waals surface area (Å²) in [5.74, 6) is 1.19. The number of ether oxygens (including phenoxy) is 1. The lowest BCUT2D eigenvalue weighted by molar-refractivity contribution is 0.0488. The fourth-order valence-corrected chi connectivity index (χ4v) is 5.35. The van der Waals surface area contributed by atoms with E-state index in [0.29, 0.717) is 43.3 Å². The first-order chi connectivity index (χ1) is 19.4. The Morgan fingerprint density at radius 3 is 2.70 bits per heavy atom. The SMILES string of the molecule is Cc1cccc2c1NCCN2c1cc2cnc(Nc3ccc(OCCN(C)C)cc3)nc2n(C2CC(O)C2)c1=O. The van der Waals surface area contributed by atoms with Gasteiger partial charge in [-0.25, -0.2) is 4.98 Å². The Bertz CT molecular complexity index is 1580. The number of hydrogen-bond acceptors (Lipinski definition) is 9. The molecule has 10 nitrogen and oxygen atoms in total. The summed E-state index contributed by atoms with van der Waals surface area (Å²) in [5, 5.41) is 17.6. The van der Waals surface area contributed by atoms with Crippen LogP contribution in [0.2, 0.25) is 0 Å². The first-order valence-corrected chi connectivity index (χ1v) is 13.7. The van der Waals surface area contributed by atoms with Gasteiger partial charge in [0.1, 0.15) is 23.7 Å². The second-order valence-corrected chi connectivity index (χ2v) is 10.8. The number of aliphatic hydroxyl groups is 1. The van der Waals surface area contributed by atoms with Crippen LogP contribution in [0.3, 0.4) is 0 Å². The van der Waals surface area contributed by atoms with Crippen molar-refractivity contribution in [1.82, 2.24) is 19.4 Å². The monoisotopic (exact) mass is 541 g/mol. The van der Waals surface area contributed by atoms with Gasteiger partial charge in [0.25, 0.3) is 5.56 Å². The number of anilines is 5. The molecule has 2 aromatic heterocycles. The van der Waals surface area contributed by atoms with E-state index >= 15 is 0 Å². The molecule has 3 N–H and O–H groups in total. The Hall–Kier alpha value is -4.15. The van der Waals surface area contributed by atoms with Gasteiger partial charge in [0.2, 0.25) is 5.95 Å². The lowest BCUT2D eigenvalue weighted by Crippen LogP contribution is -2.40. The van der Waals surface area contributed by atoms with Crippen LogP contribution in [0.15, 0.2) is 59.5 Å². The minimum absolute atomic E-state index is 0.109. The number of aliphatic hydroxyl groups excluding tert-OH is 1. The maximum Gasteiger partial charge on any atom is 0.276 e. The predicted octanol–water partition coefficient (Wildman–Crippen LogP) is 4.04. The van der Waals surface area contributed by atoms with Crippen LogP contribution in [0.4, 0.5) is 28.7 Å². The number of fused-ring (bicyclic) bond motifs is 2. The molecule has 1 aliphatic carbocycles. The summed E-state index contributed by atoms with van der Waals surface area (Å²) in [6.07, 6.45) is 2.41. The zero-order valence-electron chi connectivity index (χ0n) is 23.1. The summed E-state index contributed by atoms with van der Waals surface area (Å²) in [5.41, 5.74) is 5.03. The number of nitrogens with zero attached hydrogens (tertiary/aromatic N) is 5. The molecule has 208 valence electrons. The van der Waals surface area contributed by atoms with Crippen molar-refractivity contribution >= 4 is 39.7 Å². The standard InChI is InChI=1S/C30H35N7O3/c1-19-5-4-6-25-27(19)31-11-12-36(25)26-15-20-18-32-30(34-28(20)37(29(26)39)22-16-23(38)17-22)33-21-7-9-24(10-8-21)40-14-13-35(2)3/h4-10,15,18,22-23,31,38H,11-14,16-17H2,1-3H3,(H,32,33,34). The van der Waals surface area contributed by atoms with E-state index < -0.39 is 6.10 Å². The van der Waals surface area contributed by atoms with Crippen LogP contribution >= 0.6 is 0 Å². The Morgan fingerprint density at radius 1 is 1.15 bits per heavy atom. The van der Waals surface area contributed by atoms with Crippen LogP contribution in [0, 0.1) is 6.92 Å². The lowest BCUT2D eigenvalue weighted by Gasteiger charge is -2.36. The fraction of sp³-hybridized carbons (Fsp3) is 0.367. The smallest absolute Gasteiger partial charge is 0.276 e. The first-order valence-electron chi connectivity index (χ1n) is 13.7. The molecule has 2 aliphatic rings. The fourth-order valence-electron chi connectivity index (χ4n) is 5.35. The van der Waals surface area contributed by atoms with Crippen molar-refractivity contribution in [3.8, 4) is 5.75 Å². The highest BCUT2D eigenvalue weighted by atomic mass is 16.5. The molecule has 1 aliphatic heterocycles. The summed E-state index contributed by atoms with van der Waals surface area (Å²) in [6.45, 7) is 4.92. The molecule has 0 radical (unpaired) electrons. The minimum atomic E-state index is -0.406. The third-order valence-corrected chi connectivity index (χ3v) is 7.59. The van der Waals surface area contributed by atoms with Crippen LogP contribution in [0.25, 0.3) is 11.0 Å². The molecule has 6 rings (SSSR count). The van der Waals surface area contributed by atoms with Gasteiger partial charge in [-0.3, -0.25) is 9.36 Å². The summed E-state index contributed by atoms with van der Waals surface area (Å²) in [6, 6.07) is 15.5. The molecule has 40 heavy (non-hydrogen) atoms. The van der Waals surface area contributed by atoms with Gasteiger partial charge in [0.05, 0.1) is 17.5 Å². The second-order valence-electron chi connectivity index (χ2n) is 10.8. The number of pyridine rings is 1. The van der Waals surface area contributed by atoms with E-state index in [1.54, 1.807) is 10.8 Å². The van der Waals surface area contributed by atoms with E-state index in [-0.39, 0.29) is 11.6 Å². The molecule has 10 heteroatoms. The first kappa shape index (κ1) is 26.1. The van der Waals surface area contributed by atoms with Gasteiger partial charge in [0, 0.05) is 42.9 Å². The van der Waals surface area contributed by atoms with Crippen molar-refractivity contribution in [3.05, 3.63) is 70.6 Å². The zero-order chi connectivity index (χ0) is 27.8. The highest BCUT2D eigenvalue weighted by Crippen LogP contribution is 2.38. The second kappa shape index (κ2) is 10.8. The number of rotatable bonds is 8. The quantitative estimate of drug-likeness (QED) is 0.305. The van der Waals surface area contributed by atoms with Crippen molar-refractivity contribution in [1.29, 1.82) is 0 Å². The van der Waals surface area contributed by atoms with Gasteiger partial charge in [-0.05, 0) is 75.8 Å². The van der Waals surface area contributed by atoms with Crippen LogP contribution < -0.4 is 25.8 Å². The minimum Gasteiger partial charge on any atom is -0.492 e. The van der Waals surface area contributed by atoms with Gasteiger partial charge in [0.15, 0.2) is 0 Å². The molecule has 0 unspecified atom stereocenters. The highest BCUT2D eigenvalue weighted by molar-refractivity contribution is 5.85. The van der Waals surface area contributed by atoms with Crippen molar-refractivity contribution in [2.75, 3.05) is 55.9 Å². The summed E-state index contributed by atoms with van der Waals surface area (Å²) < 4.78 is 7.54. The van der Waals surface area contributed by atoms with E-state index in [1.165, 1.54) is 0 Å². The number of benzene rings is 2. The Labute approximate surface area is 233 Å². The van der Waals surface area contributed by atoms with E-state index in [1.807, 2.05) is 56.6 Å². The molecule has 1 saturated carbocycles. The van der Waals surface area contributed by atoms with Gasteiger partial charge in [-0.15, -0.1) is 0 Å². The third kappa shape index (κ3) is 5.07. The molecular formula is C30H35N7O3. The largest absolute Gasteiger partial charge is 0.492 e. The average Bonchev–Trinajstić information content (AvgIpc) is 2.92. The maximum absolute atomic E-state index is 14.1. The molecule has 4 aromatic rings. The molecular weight excluding hydrogens is 506 g/mol. The van der Waals surface area contributed by atoms with E-state index in [0.717, 1.165) is 46.9 Å². The molecule has 0 spiro atoms. The number of nitrogens with one attached hydrogen (secondary N) is 2. The van der Waals surface area contributed by atoms with Crippen LogP contribution in [-0.2, 0) is 0 Å². The van der Waals surface area contributed by atoms with Crippen LogP contribution in [0.1, 0.15) is 24.4 Å². The molecule has 0 bridgehead atoms. The topological polar surface area (TPSA) is 108 Å². The number of likely N-dealkylation sites (N-methyl/N-ethyl adjacent to an activating group) is 1. The van der Waals surface area contributed by atoms with Crippen LogP contribution in [0.5, 0.6) is 5.75 Å². The summed E-state index contributed by atoms with van der Waals surface area (Å²) in [4.78, 5) is 27.6. The van der Waals surface area contributed by atoms with Crippen molar-refractivity contribution in [2.45, 2.75) is 31.9 Å². The van der Waals surface area contributed by atoms with Crippen LogP contribution in [-0.4, -0.2) is 71.0 Å². The zero-order valence-corrected chi connectivity index (χ0v) is 23.1. The Morgan fingerprint density at radius 2 is 1.95 bits per heavy atom. The van der Waals surface area contributed by atoms with Gasteiger partial charge >= 0.3 is 0 Å². The normalized spacial score (nSPS) is 18.3. The number of hydrogen-bond donors (Lipinski definition) is 3. The summed E-state index contributed by atoms with van der Waals surface area (Å²) >= 11 is 0. The van der Waals surface area contributed by atoms with Crippen molar-refractivity contribution < 1.29 is 9.84 Å². The third-order valence-electron chi connectivity index (χ3n) is 7.59. The Kier molecular flexibility index (Phi) is 7.03. The molecule has 0 amide bonds.